The SMILES string of the molecule is CC/C=C\C/C=C\C/C=C\C/C=C\C/C=C\C/C=C\CCCCCCCCC(=O)OCC(O)COP(=O)(O)OCC(O)COP(=O)(O)OCC(COC(=O)CCCCCCCCCCC/C=C\C/C=C\C/C=C\C/C=C\CCCCC)OC(=O)CCCCCC/C=C\C/C=C\C/C=C\C/C=C\CC. The maximum atomic E-state index is 13.0. The van der Waals surface area contributed by atoms with E-state index in [1.165, 1.54) is 51.4 Å². The van der Waals surface area contributed by atoms with Crippen LogP contribution in [0.3, 0.4) is 0 Å². The molecule has 0 aliphatic rings. The van der Waals surface area contributed by atoms with Crippen LogP contribution in [0.4, 0.5) is 0 Å². The van der Waals surface area contributed by atoms with Crippen molar-refractivity contribution in [3.8, 4) is 0 Å². The molecular weight excluding hydrogens is 1340 g/mol. The Kier molecular flexibility index (Phi) is 72.8. The van der Waals surface area contributed by atoms with E-state index in [2.05, 4.69) is 191 Å². The maximum absolute atomic E-state index is 13.0. The second-order valence-electron chi connectivity index (χ2n) is 25.7. The third-order valence-electron chi connectivity index (χ3n) is 15.9. The summed E-state index contributed by atoms with van der Waals surface area (Å²) in [5.74, 6) is -1.63. The van der Waals surface area contributed by atoms with Crippen LogP contribution in [0.2, 0.25) is 0 Å². The zero-order valence-electron chi connectivity index (χ0n) is 63.9. The number of unbranched alkanes of at least 4 members (excludes halogenated alkanes) is 22. The molecule has 0 aromatic rings. The van der Waals surface area contributed by atoms with Crippen LogP contribution in [0, 0.1) is 0 Å². The molecular formula is C85H140O16P2. The third kappa shape index (κ3) is 77.8. The second kappa shape index (κ2) is 76.6. The van der Waals surface area contributed by atoms with Crippen molar-refractivity contribution in [1.82, 2.24) is 0 Å². The van der Waals surface area contributed by atoms with E-state index in [0.29, 0.717) is 19.3 Å². The summed E-state index contributed by atoms with van der Waals surface area (Å²) in [4.78, 5) is 58.7. The third-order valence-corrected chi connectivity index (χ3v) is 17.8. The van der Waals surface area contributed by atoms with Crippen LogP contribution in [-0.4, -0.2) is 95.9 Å². The molecule has 0 aromatic heterocycles. The summed E-state index contributed by atoms with van der Waals surface area (Å²) in [6.45, 7) is 2.36. The van der Waals surface area contributed by atoms with Gasteiger partial charge in [-0.05, 0) is 154 Å². The van der Waals surface area contributed by atoms with Gasteiger partial charge in [0.15, 0.2) is 6.10 Å². The summed E-state index contributed by atoms with van der Waals surface area (Å²) in [5.41, 5.74) is 0. The number of aliphatic hydroxyl groups is 2. The first kappa shape index (κ1) is 97.9. The summed E-state index contributed by atoms with van der Waals surface area (Å²) in [6, 6.07) is 0. The van der Waals surface area contributed by atoms with Gasteiger partial charge in [-0.2, -0.15) is 0 Å². The average molecular weight is 1480 g/mol. The number of aliphatic hydroxyl groups excluding tert-OH is 2. The van der Waals surface area contributed by atoms with Gasteiger partial charge < -0.3 is 34.2 Å². The molecule has 5 atom stereocenters. The van der Waals surface area contributed by atoms with Crippen LogP contribution in [0.5, 0.6) is 0 Å². The van der Waals surface area contributed by atoms with E-state index in [1.807, 2.05) is 0 Å². The minimum absolute atomic E-state index is 0.0691. The number of rotatable bonds is 73. The van der Waals surface area contributed by atoms with E-state index in [0.717, 1.165) is 180 Å². The van der Waals surface area contributed by atoms with E-state index in [9.17, 15) is 43.5 Å². The minimum Gasteiger partial charge on any atom is -0.463 e. The number of carbonyl (C=O) groups excluding carboxylic acids is 3. The fraction of sp³-hybridized carbons (Fsp3) is 0.635. The summed E-state index contributed by atoms with van der Waals surface area (Å²) in [5, 5.41) is 20.6. The Hall–Kier alpha value is -5.09. The Morgan fingerprint density at radius 3 is 0.816 bits per heavy atom. The Balaban J connectivity index is 4.69. The highest BCUT2D eigenvalue weighted by Crippen LogP contribution is 2.45. The number of hydrogen-bond donors (Lipinski definition) is 4. The highest BCUT2D eigenvalue weighted by Gasteiger charge is 2.29. The lowest BCUT2D eigenvalue weighted by atomic mass is 10.1. The molecule has 0 aliphatic carbocycles. The first-order valence-electron chi connectivity index (χ1n) is 39.4. The molecule has 0 bridgehead atoms. The zero-order chi connectivity index (χ0) is 75.2. The highest BCUT2D eigenvalue weighted by molar-refractivity contribution is 7.47. The molecule has 0 saturated carbocycles. The summed E-state index contributed by atoms with van der Waals surface area (Å²) in [6.07, 6.45) is 96.7. The van der Waals surface area contributed by atoms with Gasteiger partial charge in [0.05, 0.1) is 26.4 Å². The molecule has 0 aliphatic heterocycles. The second-order valence-corrected chi connectivity index (χ2v) is 28.7. The Labute approximate surface area is 624 Å². The maximum Gasteiger partial charge on any atom is 0.472 e. The standard InChI is InChI=1S/C85H140O16P2/c1-4-7-10-13-16-19-22-25-28-31-33-35-37-39-41-43-45-48-50-53-56-59-62-65-68-71-83(88)95-74-80(86)75-97-102(91,92)98-76-81(87)77-99-103(93,94)100-79-82(101-85(90)73-70-67-64-61-58-55-52-47-30-27-24-21-18-15-12-9-6-3)78-96-84(89)72-69-66-63-60-57-54-51-49-46-44-42-40-38-36-34-32-29-26-23-20-17-14-11-8-5-2/h7,9-10,12,16-21,25-30,33-36,39-42,45,48,52,55,80-82,86-87H,4-6,8,11,13-15,22-24,31-32,37-38,43-44,46-47,49-51,53-54,56-79H2,1-3H3,(H,91,92)(H,93,94)/b10-7-,12-9-,19-16-,20-17-,21-18-,28-25-,29-26-,30-27-,35-33-,36-34-,41-39-,42-40-,48-45-,55-52-. The zero-order valence-corrected chi connectivity index (χ0v) is 65.7. The molecule has 0 rings (SSSR count). The van der Waals surface area contributed by atoms with E-state index in [4.69, 9.17) is 32.3 Å². The minimum atomic E-state index is -4.95. The first-order valence-corrected chi connectivity index (χ1v) is 42.4. The fourth-order valence-electron chi connectivity index (χ4n) is 9.96. The van der Waals surface area contributed by atoms with Crippen molar-refractivity contribution in [2.75, 3.05) is 39.6 Å². The lowest BCUT2D eigenvalue weighted by Crippen LogP contribution is -2.30. The van der Waals surface area contributed by atoms with E-state index >= 15 is 0 Å². The number of phosphoric acid groups is 2. The molecule has 16 nitrogen and oxygen atoms in total. The molecule has 5 unspecified atom stereocenters. The topological polar surface area (TPSA) is 231 Å². The molecule has 0 radical (unpaired) electrons. The van der Waals surface area contributed by atoms with Crippen molar-refractivity contribution in [3.63, 3.8) is 0 Å². The summed E-state index contributed by atoms with van der Waals surface area (Å²) < 4.78 is 61.1. The number of esters is 3. The van der Waals surface area contributed by atoms with Gasteiger partial charge in [-0.25, -0.2) is 9.13 Å². The number of phosphoric ester groups is 2. The molecule has 103 heavy (non-hydrogen) atoms. The molecule has 0 heterocycles. The van der Waals surface area contributed by atoms with Crippen LogP contribution in [0.15, 0.2) is 170 Å². The van der Waals surface area contributed by atoms with Gasteiger partial charge in [0.1, 0.15) is 25.4 Å². The Morgan fingerprint density at radius 1 is 0.282 bits per heavy atom. The van der Waals surface area contributed by atoms with Crippen LogP contribution < -0.4 is 0 Å². The van der Waals surface area contributed by atoms with Crippen molar-refractivity contribution < 1.29 is 75.8 Å². The van der Waals surface area contributed by atoms with Gasteiger partial charge in [-0.3, -0.25) is 32.5 Å². The molecule has 0 aromatic carbocycles. The Bertz CT molecular complexity index is 2550. The molecule has 0 amide bonds. The number of carbonyl (C=O) groups is 3. The fourth-order valence-corrected chi connectivity index (χ4v) is 11.5. The molecule has 0 saturated heterocycles. The average Bonchev–Trinajstić information content (AvgIpc) is 0.914. The van der Waals surface area contributed by atoms with E-state index in [-0.39, 0.29) is 19.3 Å². The van der Waals surface area contributed by atoms with Crippen molar-refractivity contribution in [2.24, 2.45) is 0 Å². The first-order chi connectivity index (χ1) is 50.2. The predicted molar refractivity (Wildman–Crippen MR) is 426 cm³/mol. The lowest BCUT2D eigenvalue weighted by molar-refractivity contribution is -0.161. The van der Waals surface area contributed by atoms with Crippen molar-refractivity contribution in [3.05, 3.63) is 170 Å². The normalized spacial score (nSPS) is 14.9. The molecule has 0 fully saturated rings. The lowest BCUT2D eigenvalue weighted by Gasteiger charge is -2.21. The van der Waals surface area contributed by atoms with Crippen molar-refractivity contribution in [1.29, 1.82) is 0 Å². The van der Waals surface area contributed by atoms with Crippen LogP contribution in [-0.2, 0) is 55.8 Å². The quantitative estimate of drug-likeness (QED) is 0.0146. The predicted octanol–water partition coefficient (Wildman–Crippen LogP) is 23.2. The van der Waals surface area contributed by atoms with Crippen molar-refractivity contribution >= 4 is 33.6 Å². The highest BCUT2D eigenvalue weighted by atomic mass is 31.2. The summed E-state index contributed by atoms with van der Waals surface area (Å²) >= 11 is 0. The van der Waals surface area contributed by atoms with E-state index in [1.54, 1.807) is 0 Å². The molecule has 4 N–H and O–H groups in total. The van der Waals surface area contributed by atoms with Gasteiger partial charge >= 0.3 is 33.6 Å². The van der Waals surface area contributed by atoms with Gasteiger partial charge in [0.25, 0.3) is 0 Å². The van der Waals surface area contributed by atoms with Gasteiger partial charge in [-0.1, -0.05) is 287 Å². The smallest absolute Gasteiger partial charge is 0.463 e. The van der Waals surface area contributed by atoms with Crippen molar-refractivity contribution in [2.45, 2.75) is 309 Å². The molecule has 0 spiro atoms. The monoisotopic (exact) mass is 1480 g/mol. The largest absolute Gasteiger partial charge is 0.472 e. The van der Waals surface area contributed by atoms with Gasteiger partial charge in [-0.15, -0.1) is 0 Å². The Morgan fingerprint density at radius 2 is 0.515 bits per heavy atom. The van der Waals surface area contributed by atoms with Gasteiger partial charge in [0, 0.05) is 19.3 Å². The number of allylic oxidation sites excluding steroid dienone is 28. The molecule has 18 heteroatoms. The van der Waals surface area contributed by atoms with Gasteiger partial charge in [0.2, 0.25) is 0 Å². The van der Waals surface area contributed by atoms with E-state index < -0.39 is 91.5 Å². The number of hydrogen-bond acceptors (Lipinski definition) is 14. The summed E-state index contributed by atoms with van der Waals surface area (Å²) in [7, 11) is -9.82. The number of ether oxygens (including phenoxy) is 3. The van der Waals surface area contributed by atoms with Crippen LogP contribution in [0.25, 0.3) is 0 Å². The van der Waals surface area contributed by atoms with Crippen LogP contribution >= 0.6 is 15.6 Å². The molecule has 586 valence electrons. The van der Waals surface area contributed by atoms with Crippen LogP contribution in [0.1, 0.15) is 290 Å².